The quantitative estimate of drug-likeness (QED) is 0.421. The van der Waals surface area contributed by atoms with Crippen molar-refractivity contribution in [3.63, 3.8) is 0 Å². The van der Waals surface area contributed by atoms with Crippen LogP contribution in [0.5, 0.6) is 11.5 Å². The van der Waals surface area contributed by atoms with E-state index in [-0.39, 0.29) is 11.7 Å². The average Bonchev–Trinajstić information content (AvgIpc) is 3.22. The van der Waals surface area contributed by atoms with Crippen molar-refractivity contribution < 1.29 is 23.5 Å². The predicted octanol–water partition coefficient (Wildman–Crippen LogP) is 5.11. The molecule has 2 N–H and O–H groups in total. The minimum atomic E-state index is -0.495. The van der Waals surface area contributed by atoms with Gasteiger partial charge in [-0.1, -0.05) is 42.5 Å². The number of ether oxygens (including phenoxy) is 2. The number of hydrogen-bond donors (Lipinski definition) is 2. The van der Waals surface area contributed by atoms with Gasteiger partial charge in [-0.05, 0) is 35.9 Å². The summed E-state index contributed by atoms with van der Waals surface area (Å²) in [5.41, 5.74) is 2.21. The lowest BCUT2D eigenvalue weighted by atomic mass is 10.2. The maximum atomic E-state index is 13.1. The Bertz CT molecular complexity index is 1360. The topological polar surface area (TPSA) is 89.8 Å². The molecular formula is C26H20N2O5. The highest BCUT2D eigenvalue weighted by atomic mass is 16.6. The van der Waals surface area contributed by atoms with E-state index in [4.69, 9.17) is 13.9 Å². The van der Waals surface area contributed by atoms with Crippen LogP contribution < -0.4 is 20.1 Å². The van der Waals surface area contributed by atoms with Gasteiger partial charge in [0, 0.05) is 23.2 Å². The van der Waals surface area contributed by atoms with Crippen LogP contribution in [-0.2, 0) is 4.79 Å². The number of anilines is 2. The van der Waals surface area contributed by atoms with E-state index in [0.717, 1.165) is 5.56 Å². The minimum absolute atomic E-state index is 0.00699. The van der Waals surface area contributed by atoms with Gasteiger partial charge in [-0.25, -0.2) is 0 Å². The molecule has 7 nitrogen and oxygen atoms in total. The molecule has 0 radical (unpaired) electrons. The molecule has 2 amide bonds. The zero-order valence-corrected chi connectivity index (χ0v) is 17.5. The molecule has 33 heavy (non-hydrogen) atoms. The molecule has 0 fully saturated rings. The van der Waals surface area contributed by atoms with Gasteiger partial charge in [0.1, 0.15) is 24.5 Å². The molecule has 2 heterocycles. The van der Waals surface area contributed by atoms with Crippen LogP contribution in [0.2, 0.25) is 0 Å². The van der Waals surface area contributed by atoms with E-state index in [0.29, 0.717) is 47.1 Å². The molecule has 1 aliphatic rings. The van der Waals surface area contributed by atoms with Crippen LogP contribution in [0.15, 0.2) is 83.3 Å². The van der Waals surface area contributed by atoms with Gasteiger partial charge in [0.25, 0.3) is 5.91 Å². The van der Waals surface area contributed by atoms with Gasteiger partial charge in [0.05, 0.1) is 0 Å². The van der Waals surface area contributed by atoms with Gasteiger partial charge in [-0.15, -0.1) is 0 Å². The number of carbonyl (C=O) groups excluding carboxylic acids is 2. The first-order valence-electron chi connectivity index (χ1n) is 10.4. The molecule has 0 atom stereocenters. The Morgan fingerprint density at radius 1 is 0.818 bits per heavy atom. The summed E-state index contributed by atoms with van der Waals surface area (Å²) in [4.78, 5) is 25.7. The van der Waals surface area contributed by atoms with Gasteiger partial charge in [0.2, 0.25) is 11.7 Å². The number of carbonyl (C=O) groups is 2. The van der Waals surface area contributed by atoms with Crippen LogP contribution in [0.4, 0.5) is 11.4 Å². The smallest absolute Gasteiger partial charge is 0.293 e. The first-order chi connectivity index (χ1) is 16.2. The van der Waals surface area contributed by atoms with Crippen molar-refractivity contribution in [2.45, 2.75) is 0 Å². The number of benzene rings is 3. The highest BCUT2D eigenvalue weighted by Gasteiger charge is 2.22. The third-order valence-corrected chi connectivity index (χ3v) is 5.08. The molecule has 0 bridgehead atoms. The monoisotopic (exact) mass is 440 g/mol. The van der Waals surface area contributed by atoms with E-state index in [1.165, 1.54) is 6.08 Å². The standard InChI is InChI=1S/C26H20N2O5/c29-23(13-10-17-6-2-1-3-7-17)28-24-19-8-4-5-9-20(19)33-25(24)26(30)27-18-11-12-21-22(16-18)32-15-14-31-21/h1-13,16H,14-15H2,(H,27,30)(H,28,29)/b13-10+. The number of para-hydroxylation sites is 1. The highest BCUT2D eigenvalue weighted by Crippen LogP contribution is 2.34. The lowest BCUT2D eigenvalue weighted by Crippen LogP contribution is -2.17. The fourth-order valence-corrected chi connectivity index (χ4v) is 3.54. The van der Waals surface area contributed by atoms with Gasteiger partial charge < -0.3 is 24.5 Å². The Hall–Kier alpha value is -4.52. The summed E-state index contributed by atoms with van der Waals surface area (Å²) < 4.78 is 16.9. The number of hydrogen-bond acceptors (Lipinski definition) is 5. The maximum Gasteiger partial charge on any atom is 0.293 e. The summed E-state index contributed by atoms with van der Waals surface area (Å²) in [7, 11) is 0. The SMILES string of the molecule is O=C(/C=C/c1ccccc1)Nc1c(C(=O)Nc2ccc3c(c2)OCCO3)oc2ccccc12. The third kappa shape index (κ3) is 4.43. The fourth-order valence-electron chi connectivity index (χ4n) is 3.54. The van der Waals surface area contributed by atoms with Gasteiger partial charge in [-0.2, -0.15) is 0 Å². The van der Waals surface area contributed by atoms with E-state index in [9.17, 15) is 9.59 Å². The van der Waals surface area contributed by atoms with E-state index >= 15 is 0 Å². The van der Waals surface area contributed by atoms with Gasteiger partial charge in [-0.3, -0.25) is 9.59 Å². The van der Waals surface area contributed by atoms with Crippen LogP contribution in [0.1, 0.15) is 16.1 Å². The summed E-state index contributed by atoms with van der Waals surface area (Å²) >= 11 is 0. The molecule has 0 saturated carbocycles. The van der Waals surface area contributed by atoms with Gasteiger partial charge >= 0.3 is 0 Å². The fraction of sp³-hybridized carbons (Fsp3) is 0.0769. The molecular weight excluding hydrogens is 420 g/mol. The first kappa shape index (κ1) is 20.4. The third-order valence-electron chi connectivity index (χ3n) is 5.08. The van der Waals surface area contributed by atoms with E-state index in [2.05, 4.69) is 10.6 Å². The lowest BCUT2D eigenvalue weighted by molar-refractivity contribution is -0.111. The Labute approximate surface area is 189 Å². The van der Waals surface area contributed by atoms with Crippen molar-refractivity contribution >= 4 is 40.2 Å². The second kappa shape index (κ2) is 8.92. The largest absolute Gasteiger partial charge is 0.486 e. The summed E-state index contributed by atoms with van der Waals surface area (Å²) in [6.07, 6.45) is 3.12. The molecule has 7 heteroatoms. The van der Waals surface area contributed by atoms with Crippen molar-refractivity contribution in [3.05, 3.63) is 90.2 Å². The van der Waals surface area contributed by atoms with Crippen LogP contribution in [0.3, 0.4) is 0 Å². The zero-order chi connectivity index (χ0) is 22.6. The Balaban J connectivity index is 1.41. The summed E-state index contributed by atoms with van der Waals surface area (Å²) in [6.45, 7) is 0.931. The van der Waals surface area contributed by atoms with Crippen LogP contribution in [0, 0.1) is 0 Å². The molecule has 0 saturated heterocycles. The molecule has 0 aliphatic carbocycles. The molecule has 1 aliphatic heterocycles. The average molecular weight is 440 g/mol. The second-order valence-corrected chi connectivity index (χ2v) is 7.35. The zero-order valence-electron chi connectivity index (χ0n) is 17.5. The molecule has 3 aromatic carbocycles. The molecule has 164 valence electrons. The predicted molar refractivity (Wildman–Crippen MR) is 126 cm³/mol. The number of fused-ring (bicyclic) bond motifs is 2. The van der Waals surface area contributed by atoms with Crippen LogP contribution in [-0.4, -0.2) is 25.0 Å². The number of furan rings is 1. The number of nitrogens with one attached hydrogen (secondary N) is 2. The molecule has 4 aromatic rings. The second-order valence-electron chi connectivity index (χ2n) is 7.35. The molecule has 0 spiro atoms. The van der Waals surface area contributed by atoms with Crippen molar-refractivity contribution in [1.29, 1.82) is 0 Å². The van der Waals surface area contributed by atoms with E-state index in [1.54, 1.807) is 42.5 Å². The minimum Gasteiger partial charge on any atom is -0.486 e. The van der Waals surface area contributed by atoms with Crippen molar-refractivity contribution in [2.75, 3.05) is 23.8 Å². The number of rotatable bonds is 5. The van der Waals surface area contributed by atoms with E-state index < -0.39 is 5.91 Å². The Morgan fingerprint density at radius 3 is 2.42 bits per heavy atom. The normalized spacial score (nSPS) is 12.6. The summed E-state index contributed by atoms with van der Waals surface area (Å²) in [5, 5.41) is 6.23. The van der Waals surface area contributed by atoms with Crippen LogP contribution >= 0.6 is 0 Å². The van der Waals surface area contributed by atoms with E-state index in [1.807, 2.05) is 36.4 Å². The molecule has 0 unspecified atom stereocenters. The molecule has 5 rings (SSSR count). The highest BCUT2D eigenvalue weighted by molar-refractivity contribution is 6.16. The number of amides is 2. The summed E-state index contributed by atoms with van der Waals surface area (Å²) in [6, 6.07) is 21.8. The van der Waals surface area contributed by atoms with Crippen molar-refractivity contribution in [1.82, 2.24) is 0 Å². The Morgan fingerprint density at radius 2 is 1.58 bits per heavy atom. The van der Waals surface area contributed by atoms with Crippen molar-refractivity contribution in [3.8, 4) is 11.5 Å². The van der Waals surface area contributed by atoms with Gasteiger partial charge in [0.15, 0.2) is 11.5 Å². The maximum absolute atomic E-state index is 13.1. The summed E-state index contributed by atoms with van der Waals surface area (Å²) in [5.74, 6) is 0.320. The lowest BCUT2D eigenvalue weighted by Gasteiger charge is -2.18. The first-order valence-corrected chi connectivity index (χ1v) is 10.4. The van der Waals surface area contributed by atoms with Crippen molar-refractivity contribution in [2.24, 2.45) is 0 Å². The Kier molecular flexibility index (Phi) is 5.51. The van der Waals surface area contributed by atoms with Crippen LogP contribution in [0.25, 0.3) is 17.0 Å². The molecule has 1 aromatic heterocycles.